The Balaban J connectivity index is 2.37. The molecule has 0 N–H and O–H groups in total. The summed E-state index contributed by atoms with van der Waals surface area (Å²) in [5, 5.41) is 0. The lowest BCUT2D eigenvalue weighted by Gasteiger charge is -2.11. The van der Waals surface area contributed by atoms with Crippen molar-refractivity contribution in [3.05, 3.63) is 30.7 Å². The number of nitrogens with zero attached hydrogens (tertiary/aromatic N) is 1. The number of benzene rings is 1. The van der Waals surface area contributed by atoms with E-state index in [1.165, 1.54) is 12.5 Å². The summed E-state index contributed by atoms with van der Waals surface area (Å²) < 4.78 is 20.8. The minimum absolute atomic E-state index is 0.141. The fourth-order valence-corrected chi connectivity index (χ4v) is 1.27. The van der Waals surface area contributed by atoms with Crippen molar-refractivity contribution in [1.82, 2.24) is 4.98 Å². The lowest BCUT2D eigenvalue weighted by atomic mass is 10.3. The second kappa shape index (κ2) is 4.57. The lowest BCUT2D eigenvalue weighted by molar-refractivity contribution is 0.292. The third-order valence-corrected chi connectivity index (χ3v) is 1.98. The first-order chi connectivity index (χ1) is 7.85. The summed E-state index contributed by atoms with van der Waals surface area (Å²) in [6.07, 6.45) is 3.07. The molecule has 0 unspecified atom stereocenters. The van der Waals surface area contributed by atoms with E-state index in [4.69, 9.17) is 18.6 Å². The van der Waals surface area contributed by atoms with Gasteiger partial charge < -0.3 is 18.6 Å². The molecule has 0 bridgehead atoms. The first-order valence-electron chi connectivity index (χ1n) is 4.63. The van der Waals surface area contributed by atoms with Crippen molar-refractivity contribution >= 4 is 0 Å². The summed E-state index contributed by atoms with van der Waals surface area (Å²) in [6.45, 7) is 0. The first kappa shape index (κ1) is 10.4. The Bertz CT molecular complexity index is 431. The molecule has 1 heterocycles. The molecular formula is C11H11NO4. The highest BCUT2D eigenvalue weighted by Gasteiger charge is 2.13. The number of ether oxygens (including phenoxy) is 3. The largest absolute Gasteiger partial charge is 0.493 e. The second-order valence-electron chi connectivity index (χ2n) is 2.89. The van der Waals surface area contributed by atoms with E-state index in [1.54, 1.807) is 32.4 Å². The van der Waals surface area contributed by atoms with Gasteiger partial charge in [0.25, 0.3) is 0 Å². The molecule has 2 rings (SSSR count). The van der Waals surface area contributed by atoms with Crippen molar-refractivity contribution in [2.24, 2.45) is 0 Å². The molecular weight excluding hydrogens is 210 g/mol. The molecule has 0 amide bonds. The number of rotatable bonds is 4. The summed E-state index contributed by atoms with van der Waals surface area (Å²) in [5.74, 6) is 1.55. The summed E-state index contributed by atoms with van der Waals surface area (Å²) in [4.78, 5) is 3.86. The Kier molecular flexibility index (Phi) is 2.95. The van der Waals surface area contributed by atoms with E-state index in [0.717, 1.165) is 0 Å². The van der Waals surface area contributed by atoms with E-state index in [0.29, 0.717) is 17.2 Å². The zero-order chi connectivity index (χ0) is 11.4. The summed E-state index contributed by atoms with van der Waals surface area (Å²) in [6, 6.07) is 5.33. The summed E-state index contributed by atoms with van der Waals surface area (Å²) in [5.41, 5.74) is 0. The Morgan fingerprint density at radius 2 is 1.81 bits per heavy atom. The predicted molar refractivity (Wildman–Crippen MR) is 56.1 cm³/mol. The maximum absolute atomic E-state index is 5.43. The number of aromatic nitrogens is 1. The molecule has 1 aromatic heterocycles. The molecule has 0 aliphatic heterocycles. The van der Waals surface area contributed by atoms with Gasteiger partial charge in [0, 0.05) is 0 Å². The number of para-hydroxylation sites is 1. The summed E-state index contributed by atoms with van der Waals surface area (Å²) in [7, 11) is 3.11. The third kappa shape index (κ3) is 1.93. The molecule has 1 aromatic carbocycles. The Morgan fingerprint density at radius 1 is 1.12 bits per heavy atom. The zero-order valence-electron chi connectivity index (χ0n) is 8.97. The van der Waals surface area contributed by atoms with Crippen molar-refractivity contribution in [2.75, 3.05) is 14.2 Å². The molecule has 2 aromatic rings. The quantitative estimate of drug-likeness (QED) is 0.793. The van der Waals surface area contributed by atoms with Crippen molar-refractivity contribution < 1.29 is 18.6 Å². The first-order valence-corrected chi connectivity index (χ1v) is 4.63. The minimum atomic E-state index is 0.141. The summed E-state index contributed by atoms with van der Waals surface area (Å²) >= 11 is 0. The third-order valence-electron chi connectivity index (χ3n) is 1.98. The highest BCUT2D eigenvalue weighted by atomic mass is 16.6. The van der Waals surface area contributed by atoms with Crippen LogP contribution < -0.4 is 14.2 Å². The Morgan fingerprint density at radius 3 is 2.31 bits per heavy atom. The maximum atomic E-state index is 5.43. The van der Waals surface area contributed by atoms with Crippen LogP contribution in [0.5, 0.6) is 23.3 Å². The van der Waals surface area contributed by atoms with Crippen LogP contribution >= 0.6 is 0 Å². The highest BCUT2D eigenvalue weighted by molar-refractivity contribution is 5.51. The van der Waals surface area contributed by atoms with Gasteiger partial charge in [-0.05, 0) is 12.1 Å². The normalized spacial score (nSPS) is 9.88. The van der Waals surface area contributed by atoms with E-state index in [-0.39, 0.29) is 6.08 Å². The fourth-order valence-electron chi connectivity index (χ4n) is 1.27. The zero-order valence-corrected chi connectivity index (χ0v) is 8.97. The van der Waals surface area contributed by atoms with Crippen LogP contribution in [0.2, 0.25) is 0 Å². The molecule has 0 saturated heterocycles. The van der Waals surface area contributed by atoms with Crippen LogP contribution in [0.15, 0.2) is 35.1 Å². The second-order valence-corrected chi connectivity index (χ2v) is 2.89. The van der Waals surface area contributed by atoms with Crippen LogP contribution in [0.1, 0.15) is 0 Å². The molecule has 16 heavy (non-hydrogen) atoms. The van der Waals surface area contributed by atoms with E-state index < -0.39 is 0 Å². The van der Waals surface area contributed by atoms with Gasteiger partial charge in [-0.2, -0.15) is 4.98 Å². The topological polar surface area (TPSA) is 53.7 Å². The molecule has 0 radical (unpaired) electrons. The van der Waals surface area contributed by atoms with Crippen LogP contribution in [0.25, 0.3) is 0 Å². The van der Waals surface area contributed by atoms with Gasteiger partial charge in [-0.15, -0.1) is 0 Å². The monoisotopic (exact) mass is 221 g/mol. The van der Waals surface area contributed by atoms with Crippen LogP contribution in [0.4, 0.5) is 0 Å². The van der Waals surface area contributed by atoms with Gasteiger partial charge in [0.1, 0.15) is 6.26 Å². The average molecular weight is 221 g/mol. The van der Waals surface area contributed by atoms with E-state index in [2.05, 4.69) is 4.98 Å². The number of methoxy groups -OCH3 is 2. The number of oxazole rings is 1. The molecule has 5 heteroatoms. The van der Waals surface area contributed by atoms with Crippen LogP contribution in [0.3, 0.4) is 0 Å². The van der Waals surface area contributed by atoms with Gasteiger partial charge in [0.05, 0.1) is 20.4 Å². The van der Waals surface area contributed by atoms with Gasteiger partial charge in [-0.3, -0.25) is 0 Å². The maximum Gasteiger partial charge on any atom is 0.399 e. The SMILES string of the molecule is COc1cccc(OC)c1Oc1ncco1. The number of hydrogen-bond acceptors (Lipinski definition) is 5. The van der Waals surface area contributed by atoms with Crippen molar-refractivity contribution in [2.45, 2.75) is 0 Å². The number of hydrogen-bond donors (Lipinski definition) is 0. The molecule has 84 valence electrons. The Hall–Kier alpha value is -2.17. The molecule has 0 aliphatic rings. The van der Waals surface area contributed by atoms with E-state index in [9.17, 15) is 0 Å². The van der Waals surface area contributed by atoms with Crippen molar-refractivity contribution in [1.29, 1.82) is 0 Å². The smallest absolute Gasteiger partial charge is 0.399 e. The Labute approximate surface area is 92.6 Å². The molecule has 0 fully saturated rings. The van der Waals surface area contributed by atoms with Gasteiger partial charge >= 0.3 is 6.08 Å². The lowest BCUT2D eigenvalue weighted by Crippen LogP contribution is -1.94. The molecule has 0 atom stereocenters. The predicted octanol–water partition coefficient (Wildman–Crippen LogP) is 2.48. The minimum Gasteiger partial charge on any atom is -0.493 e. The van der Waals surface area contributed by atoms with Gasteiger partial charge in [-0.1, -0.05) is 6.07 Å². The average Bonchev–Trinajstić information content (AvgIpc) is 2.82. The molecule has 5 nitrogen and oxygen atoms in total. The van der Waals surface area contributed by atoms with Crippen molar-refractivity contribution in [3.63, 3.8) is 0 Å². The van der Waals surface area contributed by atoms with Gasteiger partial charge in [0.15, 0.2) is 11.5 Å². The van der Waals surface area contributed by atoms with Gasteiger partial charge in [0.2, 0.25) is 5.75 Å². The van der Waals surface area contributed by atoms with Crippen LogP contribution in [0, 0.1) is 0 Å². The van der Waals surface area contributed by atoms with Crippen molar-refractivity contribution in [3.8, 4) is 23.3 Å². The fraction of sp³-hybridized carbons (Fsp3) is 0.182. The van der Waals surface area contributed by atoms with Gasteiger partial charge in [-0.25, -0.2) is 0 Å². The van der Waals surface area contributed by atoms with Crippen LogP contribution in [-0.4, -0.2) is 19.2 Å². The molecule has 0 aliphatic carbocycles. The highest BCUT2D eigenvalue weighted by Crippen LogP contribution is 2.39. The standard InChI is InChI=1S/C11H11NO4/c1-13-8-4-3-5-9(14-2)10(8)16-11-12-6-7-15-11/h3-7H,1-2H3. The van der Waals surface area contributed by atoms with E-state index >= 15 is 0 Å². The molecule has 0 saturated carbocycles. The van der Waals surface area contributed by atoms with E-state index in [1.807, 2.05) is 0 Å². The molecule has 0 spiro atoms. The van der Waals surface area contributed by atoms with Crippen LogP contribution in [-0.2, 0) is 0 Å².